The molecule has 1 aliphatic heterocycles. The van der Waals surface area contributed by atoms with E-state index in [1.807, 2.05) is 49.6 Å². The van der Waals surface area contributed by atoms with Crippen LogP contribution >= 0.6 is 11.3 Å². The number of sulfonamides is 1. The topological polar surface area (TPSA) is 90.2 Å². The number of benzene rings is 2. The van der Waals surface area contributed by atoms with Gasteiger partial charge in [-0.05, 0) is 57.2 Å². The number of fused-ring (bicyclic) bond motifs is 1. The highest BCUT2D eigenvalue weighted by Crippen LogP contribution is 2.22. The SMILES string of the molecule is CCOCCn1c(=NC(=O)c2ccc(S(=O)(=O)N3C[C@@H](C)O[C@H](C)C3)cc2)sc2ccccc21. The molecule has 10 heteroatoms. The molecular formula is C24H29N3O5S2. The Morgan fingerprint density at radius 3 is 2.47 bits per heavy atom. The van der Waals surface area contributed by atoms with Crippen molar-refractivity contribution in [2.24, 2.45) is 4.99 Å². The predicted octanol–water partition coefficient (Wildman–Crippen LogP) is 3.28. The van der Waals surface area contributed by atoms with E-state index in [4.69, 9.17) is 9.47 Å². The maximum atomic E-state index is 13.1. The van der Waals surface area contributed by atoms with Gasteiger partial charge < -0.3 is 14.0 Å². The molecule has 2 atom stereocenters. The van der Waals surface area contributed by atoms with Crippen LogP contribution in [0.15, 0.2) is 58.4 Å². The van der Waals surface area contributed by atoms with Gasteiger partial charge in [-0.25, -0.2) is 8.42 Å². The van der Waals surface area contributed by atoms with Crippen molar-refractivity contribution in [3.63, 3.8) is 0 Å². The van der Waals surface area contributed by atoms with Gasteiger partial charge in [0.1, 0.15) is 0 Å². The van der Waals surface area contributed by atoms with Gasteiger partial charge in [-0.3, -0.25) is 4.79 Å². The highest BCUT2D eigenvalue weighted by molar-refractivity contribution is 7.89. The Kier molecular flexibility index (Phi) is 7.63. The van der Waals surface area contributed by atoms with Crippen LogP contribution in [0.25, 0.3) is 10.2 Å². The van der Waals surface area contributed by atoms with Crippen LogP contribution in [-0.2, 0) is 26.0 Å². The monoisotopic (exact) mass is 503 g/mol. The predicted molar refractivity (Wildman–Crippen MR) is 131 cm³/mol. The molecule has 1 aromatic heterocycles. The van der Waals surface area contributed by atoms with E-state index in [1.165, 1.54) is 39.9 Å². The summed E-state index contributed by atoms with van der Waals surface area (Å²) >= 11 is 1.44. The molecule has 0 bridgehead atoms. The molecule has 0 saturated carbocycles. The first-order valence-corrected chi connectivity index (χ1v) is 13.6. The van der Waals surface area contributed by atoms with E-state index >= 15 is 0 Å². The van der Waals surface area contributed by atoms with E-state index in [0.29, 0.717) is 43.2 Å². The first kappa shape index (κ1) is 24.7. The zero-order valence-electron chi connectivity index (χ0n) is 19.5. The van der Waals surface area contributed by atoms with Gasteiger partial charge in [0.05, 0.1) is 33.9 Å². The van der Waals surface area contributed by atoms with Gasteiger partial charge in [-0.1, -0.05) is 23.5 Å². The molecule has 0 spiro atoms. The number of hydrogen-bond donors (Lipinski definition) is 0. The summed E-state index contributed by atoms with van der Waals surface area (Å²) in [6.45, 7) is 7.97. The third-order valence-electron chi connectivity index (χ3n) is 5.57. The minimum Gasteiger partial charge on any atom is -0.380 e. The lowest BCUT2D eigenvalue weighted by Crippen LogP contribution is -2.48. The fraction of sp³-hybridized carbons (Fsp3) is 0.417. The molecule has 8 nitrogen and oxygen atoms in total. The molecule has 1 fully saturated rings. The quantitative estimate of drug-likeness (QED) is 0.462. The van der Waals surface area contributed by atoms with E-state index in [-0.39, 0.29) is 17.1 Å². The Balaban J connectivity index is 1.60. The second-order valence-corrected chi connectivity index (χ2v) is 11.2. The van der Waals surface area contributed by atoms with Crippen molar-refractivity contribution in [3.05, 3.63) is 58.9 Å². The van der Waals surface area contributed by atoms with Crippen molar-refractivity contribution in [1.29, 1.82) is 0 Å². The molecule has 34 heavy (non-hydrogen) atoms. The minimum absolute atomic E-state index is 0.152. The lowest BCUT2D eigenvalue weighted by atomic mass is 10.2. The molecule has 1 saturated heterocycles. The molecule has 2 heterocycles. The summed E-state index contributed by atoms with van der Waals surface area (Å²) < 4.78 is 41.7. The number of nitrogens with zero attached hydrogens (tertiary/aromatic N) is 3. The average Bonchev–Trinajstić information content (AvgIpc) is 3.15. The third kappa shape index (κ3) is 5.31. The average molecular weight is 504 g/mol. The van der Waals surface area contributed by atoms with Crippen LogP contribution in [0.1, 0.15) is 31.1 Å². The van der Waals surface area contributed by atoms with Gasteiger partial charge in [-0.2, -0.15) is 9.30 Å². The van der Waals surface area contributed by atoms with Gasteiger partial charge in [0.25, 0.3) is 5.91 Å². The number of ether oxygens (including phenoxy) is 2. The maximum absolute atomic E-state index is 13.1. The molecule has 0 unspecified atom stereocenters. The first-order valence-electron chi connectivity index (χ1n) is 11.3. The standard InChI is InChI=1S/C24H29N3O5S2/c1-4-31-14-13-27-21-7-5-6-8-22(21)33-24(27)25-23(28)19-9-11-20(12-10-19)34(29,30)26-15-17(2)32-18(3)16-26/h5-12,17-18H,4,13-16H2,1-3H3/t17-,18-/m1/s1. The molecule has 182 valence electrons. The fourth-order valence-corrected chi connectivity index (χ4v) is 6.66. The highest BCUT2D eigenvalue weighted by atomic mass is 32.2. The van der Waals surface area contributed by atoms with E-state index in [2.05, 4.69) is 4.99 Å². The molecule has 0 aliphatic carbocycles. The largest absolute Gasteiger partial charge is 0.380 e. The molecule has 1 aliphatic rings. The summed E-state index contributed by atoms with van der Waals surface area (Å²) in [5, 5.41) is 0. The molecule has 4 rings (SSSR count). The van der Waals surface area contributed by atoms with Gasteiger partial charge in [-0.15, -0.1) is 0 Å². The summed E-state index contributed by atoms with van der Waals surface area (Å²) in [6.07, 6.45) is -0.345. The van der Waals surface area contributed by atoms with Gasteiger partial charge >= 0.3 is 0 Å². The van der Waals surface area contributed by atoms with Crippen LogP contribution in [0, 0.1) is 0 Å². The van der Waals surface area contributed by atoms with Crippen molar-refractivity contribution < 1.29 is 22.7 Å². The van der Waals surface area contributed by atoms with Crippen LogP contribution in [-0.4, -0.2) is 61.7 Å². The summed E-state index contributed by atoms with van der Waals surface area (Å²) in [5.41, 5.74) is 1.32. The summed E-state index contributed by atoms with van der Waals surface area (Å²) in [7, 11) is -3.67. The van der Waals surface area contributed by atoms with Crippen molar-refractivity contribution in [2.75, 3.05) is 26.3 Å². The van der Waals surface area contributed by atoms with Crippen LogP contribution in [0.5, 0.6) is 0 Å². The summed E-state index contributed by atoms with van der Waals surface area (Å²) in [5.74, 6) is -0.422. The third-order valence-corrected chi connectivity index (χ3v) is 8.48. The molecule has 1 amide bonds. The Morgan fingerprint density at radius 1 is 1.12 bits per heavy atom. The highest BCUT2D eigenvalue weighted by Gasteiger charge is 2.32. The lowest BCUT2D eigenvalue weighted by Gasteiger charge is -2.34. The van der Waals surface area contributed by atoms with E-state index < -0.39 is 15.9 Å². The van der Waals surface area contributed by atoms with Gasteiger partial charge in [0.2, 0.25) is 10.0 Å². The number of thiazole rings is 1. The van der Waals surface area contributed by atoms with Crippen LogP contribution in [0.2, 0.25) is 0 Å². The Labute approximate surface area is 203 Å². The zero-order valence-corrected chi connectivity index (χ0v) is 21.1. The molecule has 0 N–H and O–H groups in total. The number of hydrogen-bond acceptors (Lipinski definition) is 6. The second kappa shape index (κ2) is 10.5. The summed E-state index contributed by atoms with van der Waals surface area (Å²) in [4.78, 5) is 18.0. The van der Waals surface area contributed by atoms with Crippen molar-refractivity contribution in [2.45, 2.75) is 44.4 Å². The maximum Gasteiger partial charge on any atom is 0.279 e. The molecule has 3 aromatic rings. The normalized spacial score (nSPS) is 20.1. The number of rotatable bonds is 7. The van der Waals surface area contributed by atoms with E-state index in [1.54, 1.807) is 0 Å². The van der Waals surface area contributed by atoms with Crippen molar-refractivity contribution >= 4 is 37.5 Å². The number of amides is 1. The lowest BCUT2D eigenvalue weighted by molar-refractivity contribution is -0.0440. The van der Waals surface area contributed by atoms with Crippen LogP contribution in [0.3, 0.4) is 0 Å². The molecule has 0 radical (unpaired) electrons. The smallest absolute Gasteiger partial charge is 0.279 e. The minimum atomic E-state index is -3.67. The number of carbonyl (C=O) groups is 1. The number of morpholine rings is 1. The van der Waals surface area contributed by atoms with Gasteiger partial charge in [0.15, 0.2) is 4.80 Å². The van der Waals surface area contributed by atoms with E-state index in [0.717, 1.165) is 10.2 Å². The van der Waals surface area contributed by atoms with Gasteiger partial charge in [0, 0.05) is 31.8 Å². The molecular weight excluding hydrogens is 474 g/mol. The molecule has 2 aromatic carbocycles. The Hall–Kier alpha value is -2.37. The van der Waals surface area contributed by atoms with Crippen LogP contribution < -0.4 is 4.80 Å². The zero-order chi connectivity index (χ0) is 24.3. The number of carbonyl (C=O) groups excluding carboxylic acids is 1. The van der Waals surface area contributed by atoms with Crippen LogP contribution in [0.4, 0.5) is 0 Å². The Bertz CT molecular complexity index is 1320. The number of para-hydroxylation sites is 1. The summed E-state index contributed by atoms with van der Waals surface area (Å²) in [6, 6.07) is 13.9. The Morgan fingerprint density at radius 2 is 1.79 bits per heavy atom. The first-order chi connectivity index (χ1) is 16.3. The fourth-order valence-electron chi connectivity index (χ4n) is 4.02. The van der Waals surface area contributed by atoms with E-state index in [9.17, 15) is 13.2 Å². The van der Waals surface area contributed by atoms with Crippen molar-refractivity contribution in [3.8, 4) is 0 Å². The number of aromatic nitrogens is 1. The van der Waals surface area contributed by atoms with Crippen molar-refractivity contribution in [1.82, 2.24) is 8.87 Å². The second-order valence-electron chi connectivity index (χ2n) is 8.22.